The van der Waals surface area contributed by atoms with Gasteiger partial charge in [-0.1, -0.05) is 6.92 Å². The fourth-order valence-electron chi connectivity index (χ4n) is 2.63. The lowest BCUT2D eigenvalue weighted by atomic mass is 10.0. The largest absolute Gasteiger partial charge is 0.396 e. The Morgan fingerprint density at radius 2 is 2.21 bits per heavy atom. The molecule has 2 atom stereocenters. The van der Waals surface area contributed by atoms with Gasteiger partial charge in [0, 0.05) is 18.9 Å². The topological polar surface area (TPSA) is 69.6 Å². The van der Waals surface area contributed by atoms with Gasteiger partial charge < -0.3 is 15.3 Å². The van der Waals surface area contributed by atoms with Gasteiger partial charge in [0.2, 0.25) is 5.91 Å². The fourth-order valence-corrected chi connectivity index (χ4v) is 2.63. The molecule has 5 heteroatoms. The van der Waals surface area contributed by atoms with Crippen molar-refractivity contribution in [1.82, 2.24) is 10.2 Å². The number of likely N-dealkylation sites (tertiary alicyclic amines) is 1. The highest BCUT2D eigenvalue weighted by Gasteiger charge is 2.34. The van der Waals surface area contributed by atoms with Gasteiger partial charge in [0.1, 0.15) is 0 Å². The summed E-state index contributed by atoms with van der Waals surface area (Å²) in [5.74, 6) is 0.0524. The lowest BCUT2D eigenvalue weighted by molar-refractivity contribution is -0.140. The van der Waals surface area contributed by atoms with Crippen LogP contribution in [0.15, 0.2) is 0 Å². The van der Waals surface area contributed by atoms with Crippen LogP contribution < -0.4 is 5.32 Å². The molecule has 2 N–H and O–H groups in total. The molecule has 0 aromatic rings. The summed E-state index contributed by atoms with van der Waals surface area (Å²) in [5, 5.41) is 11.9. The maximum absolute atomic E-state index is 12.3. The first kappa shape index (κ1) is 16.1. The Balaban J connectivity index is 2.51. The average Bonchev–Trinajstić information content (AvgIpc) is 2.87. The number of amides is 1. The van der Waals surface area contributed by atoms with Crippen molar-refractivity contribution in [1.29, 1.82) is 0 Å². The van der Waals surface area contributed by atoms with E-state index in [2.05, 4.69) is 5.32 Å². The van der Waals surface area contributed by atoms with Crippen LogP contribution in [0.5, 0.6) is 0 Å². The van der Waals surface area contributed by atoms with E-state index in [4.69, 9.17) is 5.11 Å². The maximum atomic E-state index is 12.3. The molecule has 0 bridgehead atoms. The molecule has 1 amide bonds. The Bertz CT molecular complexity index is 307. The summed E-state index contributed by atoms with van der Waals surface area (Å²) in [6.07, 6.45) is 3.59. The summed E-state index contributed by atoms with van der Waals surface area (Å²) in [7, 11) is 1.90. The van der Waals surface area contributed by atoms with Gasteiger partial charge in [-0.05, 0) is 39.3 Å². The van der Waals surface area contributed by atoms with E-state index in [0.717, 1.165) is 32.2 Å². The molecule has 1 heterocycles. The van der Waals surface area contributed by atoms with Gasteiger partial charge in [0.25, 0.3) is 0 Å². The number of hydrogen-bond donors (Lipinski definition) is 2. The summed E-state index contributed by atoms with van der Waals surface area (Å²) < 4.78 is 0. The number of carbonyl (C=O) groups excluding carboxylic acids is 2. The molecule has 19 heavy (non-hydrogen) atoms. The van der Waals surface area contributed by atoms with Crippen molar-refractivity contribution in [3.8, 4) is 0 Å². The Morgan fingerprint density at radius 3 is 2.84 bits per heavy atom. The van der Waals surface area contributed by atoms with Crippen LogP contribution in [0.2, 0.25) is 0 Å². The molecule has 2 unspecified atom stereocenters. The molecule has 1 aliphatic heterocycles. The van der Waals surface area contributed by atoms with Crippen molar-refractivity contribution in [2.75, 3.05) is 26.7 Å². The SMILES string of the molecule is CNCCCC(C)C(=O)N1CCCC1C(=O)CCO. The van der Waals surface area contributed by atoms with E-state index >= 15 is 0 Å². The Hall–Kier alpha value is -0.940. The molecular weight excluding hydrogens is 244 g/mol. The van der Waals surface area contributed by atoms with Crippen LogP contribution >= 0.6 is 0 Å². The van der Waals surface area contributed by atoms with Crippen molar-refractivity contribution in [3.63, 3.8) is 0 Å². The van der Waals surface area contributed by atoms with Crippen LogP contribution in [0.1, 0.15) is 39.0 Å². The molecule has 1 aliphatic rings. The zero-order valence-corrected chi connectivity index (χ0v) is 12.0. The highest BCUT2D eigenvalue weighted by molar-refractivity contribution is 5.90. The van der Waals surface area contributed by atoms with Crippen LogP contribution in [0, 0.1) is 5.92 Å². The van der Waals surface area contributed by atoms with Gasteiger partial charge in [0.15, 0.2) is 5.78 Å². The Kier molecular flexibility index (Phi) is 7.02. The van der Waals surface area contributed by atoms with Gasteiger partial charge in [-0.15, -0.1) is 0 Å². The van der Waals surface area contributed by atoms with E-state index in [0.29, 0.717) is 6.54 Å². The highest BCUT2D eigenvalue weighted by Crippen LogP contribution is 2.22. The van der Waals surface area contributed by atoms with Crippen LogP contribution in [0.4, 0.5) is 0 Å². The molecule has 110 valence electrons. The monoisotopic (exact) mass is 270 g/mol. The first-order valence-electron chi connectivity index (χ1n) is 7.20. The first-order chi connectivity index (χ1) is 9.11. The molecule has 0 aliphatic carbocycles. The first-order valence-corrected chi connectivity index (χ1v) is 7.20. The minimum absolute atomic E-state index is 0.00391. The molecule has 1 saturated heterocycles. The van der Waals surface area contributed by atoms with E-state index < -0.39 is 0 Å². The minimum atomic E-state index is -0.300. The number of nitrogens with one attached hydrogen (secondary N) is 1. The standard InChI is InChI=1S/C14H26N2O3/c1-11(5-3-8-15-2)14(19)16-9-4-6-12(16)13(18)7-10-17/h11-12,15,17H,3-10H2,1-2H3. The number of aliphatic hydroxyl groups is 1. The van der Waals surface area contributed by atoms with Crippen LogP contribution in [-0.2, 0) is 9.59 Å². The normalized spacial score (nSPS) is 20.6. The van der Waals surface area contributed by atoms with E-state index in [9.17, 15) is 9.59 Å². The van der Waals surface area contributed by atoms with Gasteiger partial charge in [-0.2, -0.15) is 0 Å². The Labute approximate surface area is 115 Å². The number of Topliss-reactive ketones (excluding diaryl/α,β-unsaturated/α-hetero) is 1. The zero-order valence-electron chi connectivity index (χ0n) is 12.0. The van der Waals surface area contributed by atoms with Crippen molar-refractivity contribution in [3.05, 3.63) is 0 Å². The number of carbonyl (C=O) groups is 2. The lowest BCUT2D eigenvalue weighted by Gasteiger charge is -2.26. The quantitative estimate of drug-likeness (QED) is 0.633. The third-order valence-electron chi connectivity index (χ3n) is 3.75. The third kappa shape index (κ3) is 4.58. The molecule has 1 fully saturated rings. The third-order valence-corrected chi connectivity index (χ3v) is 3.75. The molecule has 5 nitrogen and oxygen atoms in total. The zero-order chi connectivity index (χ0) is 14.3. The lowest BCUT2D eigenvalue weighted by Crippen LogP contribution is -2.43. The van der Waals surface area contributed by atoms with Crippen molar-refractivity contribution in [2.45, 2.75) is 45.1 Å². The molecule has 0 saturated carbocycles. The molecule has 0 spiro atoms. The minimum Gasteiger partial charge on any atom is -0.396 e. The van der Waals surface area contributed by atoms with Crippen LogP contribution in [0.25, 0.3) is 0 Å². The van der Waals surface area contributed by atoms with E-state index in [1.807, 2.05) is 14.0 Å². The number of rotatable bonds is 8. The highest BCUT2D eigenvalue weighted by atomic mass is 16.3. The predicted octanol–water partition coefficient (Wildman–Crippen LogP) is 0.565. The molecule has 0 radical (unpaired) electrons. The van der Waals surface area contributed by atoms with Crippen molar-refractivity contribution < 1.29 is 14.7 Å². The molecule has 0 aromatic heterocycles. The Morgan fingerprint density at radius 1 is 1.47 bits per heavy atom. The smallest absolute Gasteiger partial charge is 0.226 e. The van der Waals surface area contributed by atoms with Gasteiger partial charge in [-0.25, -0.2) is 0 Å². The second-order valence-electron chi connectivity index (χ2n) is 5.28. The molecule has 0 aromatic carbocycles. The van der Waals surface area contributed by atoms with E-state index in [1.165, 1.54) is 0 Å². The van der Waals surface area contributed by atoms with E-state index in [-0.39, 0.29) is 36.7 Å². The predicted molar refractivity (Wildman–Crippen MR) is 73.8 cm³/mol. The van der Waals surface area contributed by atoms with Gasteiger partial charge in [0.05, 0.1) is 12.6 Å². The van der Waals surface area contributed by atoms with E-state index in [1.54, 1.807) is 4.90 Å². The summed E-state index contributed by atoms with van der Waals surface area (Å²) in [5.41, 5.74) is 0. The second kappa shape index (κ2) is 8.27. The van der Waals surface area contributed by atoms with Gasteiger partial charge in [-0.3, -0.25) is 9.59 Å². The molecular formula is C14H26N2O3. The van der Waals surface area contributed by atoms with Crippen LogP contribution in [0.3, 0.4) is 0 Å². The molecule has 1 rings (SSSR count). The fraction of sp³-hybridized carbons (Fsp3) is 0.857. The summed E-state index contributed by atoms with van der Waals surface area (Å²) >= 11 is 0. The second-order valence-corrected chi connectivity index (χ2v) is 5.28. The van der Waals surface area contributed by atoms with Crippen molar-refractivity contribution in [2.24, 2.45) is 5.92 Å². The number of nitrogens with zero attached hydrogens (tertiary/aromatic N) is 1. The summed E-state index contributed by atoms with van der Waals surface area (Å²) in [6.45, 7) is 3.39. The van der Waals surface area contributed by atoms with Crippen molar-refractivity contribution >= 4 is 11.7 Å². The summed E-state index contributed by atoms with van der Waals surface area (Å²) in [6, 6.07) is -0.300. The number of ketones is 1. The average molecular weight is 270 g/mol. The number of hydrogen-bond acceptors (Lipinski definition) is 4. The summed E-state index contributed by atoms with van der Waals surface area (Å²) in [4.78, 5) is 26.0. The van der Waals surface area contributed by atoms with Crippen LogP contribution in [-0.4, -0.2) is 54.5 Å². The maximum Gasteiger partial charge on any atom is 0.226 e. The number of aliphatic hydroxyl groups excluding tert-OH is 1. The van der Waals surface area contributed by atoms with Gasteiger partial charge >= 0.3 is 0 Å².